The second kappa shape index (κ2) is 7.84. The van der Waals surface area contributed by atoms with Gasteiger partial charge in [0.1, 0.15) is 10.9 Å². The van der Waals surface area contributed by atoms with Crippen LogP contribution in [-0.4, -0.2) is 41.6 Å². The molecular weight excluding hydrogens is 412 g/mol. The Bertz CT molecular complexity index is 1250. The van der Waals surface area contributed by atoms with E-state index in [2.05, 4.69) is 4.98 Å². The lowest BCUT2D eigenvalue weighted by Crippen LogP contribution is -2.29. The predicted octanol–water partition coefficient (Wildman–Crippen LogP) is 3.03. The summed E-state index contributed by atoms with van der Waals surface area (Å²) in [6.45, 7) is 1.90. The maximum Gasteiger partial charge on any atom is 0.344 e. The van der Waals surface area contributed by atoms with Gasteiger partial charge in [-0.25, -0.2) is 18.2 Å². The summed E-state index contributed by atoms with van der Waals surface area (Å²) in [6, 6.07) is 13.0. The molecule has 1 heterocycles. The van der Waals surface area contributed by atoms with Crippen molar-refractivity contribution in [2.24, 2.45) is 0 Å². The molecule has 1 aromatic heterocycles. The number of benzene rings is 2. The first-order valence-corrected chi connectivity index (χ1v) is 11.6. The van der Waals surface area contributed by atoms with Crippen LogP contribution < -0.4 is 5.56 Å². The van der Waals surface area contributed by atoms with Gasteiger partial charge in [0, 0.05) is 11.8 Å². The zero-order chi connectivity index (χ0) is 21.3. The standard InChI is InChI=1S/C20H18N2O5S2/c1-12-4-8-14(9-5-12)22-17(13-6-10-15(11-7-13)29(3,26)27)21-18(28-2)16(19(22)23)20(24)25/h4-11H,1-3H3,(H,24,25). The number of carboxylic acids is 1. The highest BCUT2D eigenvalue weighted by Gasteiger charge is 2.23. The van der Waals surface area contributed by atoms with E-state index < -0.39 is 26.9 Å². The Balaban J connectivity index is 2.36. The highest BCUT2D eigenvalue weighted by atomic mass is 32.2. The minimum Gasteiger partial charge on any atom is -0.477 e. The molecule has 0 saturated heterocycles. The van der Waals surface area contributed by atoms with E-state index >= 15 is 0 Å². The first-order chi connectivity index (χ1) is 13.6. The van der Waals surface area contributed by atoms with Crippen LogP contribution >= 0.6 is 11.8 Å². The van der Waals surface area contributed by atoms with E-state index in [0.29, 0.717) is 11.3 Å². The van der Waals surface area contributed by atoms with Gasteiger partial charge >= 0.3 is 5.97 Å². The first kappa shape index (κ1) is 20.8. The Labute approximate surface area is 172 Å². The van der Waals surface area contributed by atoms with Crippen molar-refractivity contribution in [1.82, 2.24) is 9.55 Å². The Morgan fingerprint density at radius 2 is 1.66 bits per heavy atom. The van der Waals surface area contributed by atoms with Crippen molar-refractivity contribution in [3.05, 3.63) is 70.0 Å². The summed E-state index contributed by atoms with van der Waals surface area (Å²) in [4.78, 5) is 29.4. The number of thioether (sulfide) groups is 1. The fourth-order valence-corrected chi connectivity index (χ4v) is 4.00. The number of aryl methyl sites for hydroxylation is 1. The lowest BCUT2D eigenvalue weighted by atomic mass is 10.1. The second-order valence-corrected chi connectivity index (χ2v) is 9.21. The van der Waals surface area contributed by atoms with Crippen molar-refractivity contribution in [3.63, 3.8) is 0 Å². The van der Waals surface area contributed by atoms with Crippen molar-refractivity contribution in [2.75, 3.05) is 12.5 Å². The minimum atomic E-state index is -3.38. The second-order valence-electron chi connectivity index (χ2n) is 6.40. The summed E-state index contributed by atoms with van der Waals surface area (Å²) in [5.74, 6) is -1.13. The summed E-state index contributed by atoms with van der Waals surface area (Å²) in [7, 11) is -3.38. The molecular formula is C20H18N2O5S2. The number of aromatic nitrogens is 2. The van der Waals surface area contributed by atoms with Crippen molar-refractivity contribution in [3.8, 4) is 17.1 Å². The number of rotatable bonds is 5. The molecule has 150 valence electrons. The summed E-state index contributed by atoms with van der Waals surface area (Å²) in [5.41, 5.74) is 0.818. The van der Waals surface area contributed by atoms with E-state index in [4.69, 9.17) is 0 Å². The molecule has 0 aliphatic carbocycles. The highest BCUT2D eigenvalue weighted by Crippen LogP contribution is 2.26. The van der Waals surface area contributed by atoms with Gasteiger partial charge in [0.25, 0.3) is 5.56 Å². The maximum absolute atomic E-state index is 13.1. The van der Waals surface area contributed by atoms with Gasteiger partial charge in [-0.15, -0.1) is 11.8 Å². The van der Waals surface area contributed by atoms with Crippen LogP contribution in [0.4, 0.5) is 0 Å². The van der Waals surface area contributed by atoms with Crippen molar-refractivity contribution in [2.45, 2.75) is 16.8 Å². The zero-order valence-corrected chi connectivity index (χ0v) is 17.5. The first-order valence-electron chi connectivity index (χ1n) is 8.45. The fourth-order valence-electron chi connectivity index (χ4n) is 2.81. The molecule has 0 fully saturated rings. The van der Waals surface area contributed by atoms with Gasteiger partial charge in [-0.05, 0) is 49.6 Å². The van der Waals surface area contributed by atoms with Gasteiger partial charge in [-0.1, -0.05) is 17.7 Å². The third-order valence-corrected chi connectivity index (χ3v) is 6.10. The van der Waals surface area contributed by atoms with Gasteiger partial charge in [0.15, 0.2) is 15.4 Å². The molecule has 7 nitrogen and oxygen atoms in total. The molecule has 0 radical (unpaired) electrons. The molecule has 0 spiro atoms. The molecule has 3 rings (SSSR count). The average molecular weight is 431 g/mol. The quantitative estimate of drug-likeness (QED) is 0.490. The van der Waals surface area contributed by atoms with Crippen molar-refractivity contribution < 1.29 is 18.3 Å². The molecule has 9 heteroatoms. The SMILES string of the molecule is CSc1nc(-c2ccc(S(C)(=O)=O)cc2)n(-c2ccc(C)cc2)c(=O)c1C(=O)O. The summed E-state index contributed by atoms with van der Waals surface area (Å²) in [6.07, 6.45) is 2.75. The van der Waals surface area contributed by atoms with Crippen LogP contribution in [0.15, 0.2) is 63.2 Å². The summed E-state index contributed by atoms with van der Waals surface area (Å²) >= 11 is 1.06. The van der Waals surface area contributed by atoms with E-state index in [-0.39, 0.29) is 15.7 Å². The minimum absolute atomic E-state index is 0.0908. The number of aromatic carboxylic acids is 1. The third-order valence-electron chi connectivity index (χ3n) is 4.29. The molecule has 0 aliphatic rings. The number of hydrogen-bond donors (Lipinski definition) is 1. The maximum atomic E-state index is 13.1. The smallest absolute Gasteiger partial charge is 0.344 e. The van der Waals surface area contributed by atoms with E-state index in [1.54, 1.807) is 42.7 Å². The van der Waals surface area contributed by atoms with Crippen molar-refractivity contribution >= 4 is 27.6 Å². The Morgan fingerprint density at radius 1 is 1.07 bits per heavy atom. The fraction of sp³-hybridized carbons (Fsp3) is 0.150. The number of hydrogen-bond acceptors (Lipinski definition) is 6. The van der Waals surface area contributed by atoms with Gasteiger partial charge in [-0.2, -0.15) is 0 Å². The van der Waals surface area contributed by atoms with E-state index in [1.807, 2.05) is 6.92 Å². The molecule has 0 saturated carbocycles. The normalized spacial score (nSPS) is 11.4. The van der Waals surface area contributed by atoms with Crippen LogP contribution in [-0.2, 0) is 9.84 Å². The molecule has 1 N–H and O–H groups in total. The molecule has 3 aromatic rings. The number of carboxylic acid groups (broad SMARTS) is 1. The lowest BCUT2D eigenvalue weighted by Gasteiger charge is -2.15. The molecule has 2 aromatic carbocycles. The van der Waals surface area contributed by atoms with Gasteiger partial charge < -0.3 is 5.11 Å². The molecule has 0 aliphatic heterocycles. The monoisotopic (exact) mass is 430 g/mol. The van der Waals surface area contributed by atoms with E-state index in [9.17, 15) is 23.1 Å². The van der Waals surface area contributed by atoms with Crippen molar-refractivity contribution in [1.29, 1.82) is 0 Å². The molecule has 0 unspecified atom stereocenters. The Kier molecular flexibility index (Phi) is 5.63. The van der Waals surface area contributed by atoms with Gasteiger partial charge in [-0.3, -0.25) is 9.36 Å². The van der Waals surface area contributed by atoms with Gasteiger partial charge in [0.2, 0.25) is 0 Å². The lowest BCUT2D eigenvalue weighted by molar-refractivity contribution is 0.0689. The molecule has 29 heavy (non-hydrogen) atoms. The zero-order valence-electron chi connectivity index (χ0n) is 15.9. The largest absolute Gasteiger partial charge is 0.477 e. The van der Waals surface area contributed by atoms with E-state index in [1.165, 1.54) is 16.7 Å². The summed E-state index contributed by atoms with van der Waals surface area (Å²) < 4.78 is 24.7. The predicted molar refractivity (Wildman–Crippen MR) is 112 cm³/mol. The Morgan fingerprint density at radius 3 is 2.14 bits per heavy atom. The summed E-state index contributed by atoms with van der Waals surface area (Å²) in [5, 5.41) is 9.64. The van der Waals surface area contributed by atoms with Crippen LogP contribution in [0.1, 0.15) is 15.9 Å². The van der Waals surface area contributed by atoms with Gasteiger partial charge in [0.05, 0.1) is 10.6 Å². The van der Waals surface area contributed by atoms with Crippen LogP contribution in [0, 0.1) is 6.92 Å². The third kappa shape index (κ3) is 4.10. The van der Waals surface area contributed by atoms with E-state index in [0.717, 1.165) is 23.6 Å². The topological polar surface area (TPSA) is 106 Å². The van der Waals surface area contributed by atoms with Crippen LogP contribution in [0.2, 0.25) is 0 Å². The molecule has 0 bridgehead atoms. The number of carbonyl (C=O) groups is 1. The van der Waals surface area contributed by atoms with Crippen LogP contribution in [0.5, 0.6) is 0 Å². The molecule has 0 amide bonds. The average Bonchev–Trinajstić information content (AvgIpc) is 2.67. The number of sulfone groups is 1. The number of nitrogens with zero attached hydrogens (tertiary/aromatic N) is 2. The van der Waals surface area contributed by atoms with Crippen LogP contribution in [0.3, 0.4) is 0 Å². The molecule has 0 atom stereocenters. The Hall–Kier alpha value is -2.91. The highest BCUT2D eigenvalue weighted by molar-refractivity contribution is 7.98. The van der Waals surface area contributed by atoms with Crippen LogP contribution in [0.25, 0.3) is 17.1 Å².